The molecule has 0 radical (unpaired) electrons. The van der Waals surface area contributed by atoms with E-state index < -0.39 is 0 Å². The molecular formula is C16H13BrN5OS+. The number of rotatable bonds is 2. The number of pyridine rings is 1. The maximum Gasteiger partial charge on any atom is 0.289 e. The molecule has 2 heterocycles. The SMILES string of the molecule is Cc1ccc(NC(=O)c2sc3[nH+]c(N)c(C#N)cc3c2N)c(Br)c1. The molecule has 0 aliphatic carbocycles. The van der Waals surface area contributed by atoms with Crippen molar-refractivity contribution < 1.29 is 9.78 Å². The average Bonchev–Trinajstić information content (AvgIpc) is 2.85. The summed E-state index contributed by atoms with van der Waals surface area (Å²) in [4.78, 5) is 16.5. The molecule has 0 atom stereocenters. The number of carbonyl (C=O) groups is 1. The Morgan fingerprint density at radius 3 is 2.79 bits per heavy atom. The number of thiophene rings is 1. The number of anilines is 3. The first-order valence-corrected chi connectivity index (χ1v) is 8.53. The molecular weight excluding hydrogens is 390 g/mol. The van der Waals surface area contributed by atoms with Crippen molar-refractivity contribution in [2.24, 2.45) is 0 Å². The maximum absolute atomic E-state index is 12.6. The van der Waals surface area contributed by atoms with Gasteiger partial charge in [-0.05, 0) is 46.6 Å². The minimum Gasteiger partial charge on any atom is -0.397 e. The standard InChI is InChI=1S/C16H12BrN5OS/c1-7-2-3-11(10(17)4-7)21-15(23)13-12(19)9-5-8(6-18)14(20)22-16(9)24-13/h2-5H,19H2,1H3,(H2,20,22)(H,21,23)/p+1. The molecule has 3 rings (SSSR count). The monoisotopic (exact) mass is 402 g/mol. The van der Waals surface area contributed by atoms with Crippen LogP contribution in [0.5, 0.6) is 0 Å². The Morgan fingerprint density at radius 2 is 2.12 bits per heavy atom. The van der Waals surface area contributed by atoms with Crippen LogP contribution in [0.3, 0.4) is 0 Å². The molecule has 0 fully saturated rings. The van der Waals surface area contributed by atoms with Gasteiger partial charge in [0.2, 0.25) is 0 Å². The van der Waals surface area contributed by atoms with Gasteiger partial charge in [0.05, 0.1) is 16.8 Å². The number of aromatic amines is 1. The van der Waals surface area contributed by atoms with E-state index >= 15 is 0 Å². The van der Waals surface area contributed by atoms with E-state index in [1.165, 1.54) is 11.3 Å². The number of aryl methyl sites for hydroxylation is 1. The highest BCUT2D eigenvalue weighted by molar-refractivity contribution is 9.10. The fourth-order valence-corrected chi connectivity index (χ4v) is 3.87. The number of nitriles is 1. The zero-order valence-corrected chi connectivity index (χ0v) is 15.0. The smallest absolute Gasteiger partial charge is 0.289 e. The molecule has 3 aromatic rings. The zero-order valence-electron chi connectivity index (χ0n) is 12.6. The molecule has 0 unspecified atom stereocenters. The molecule has 120 valence electrons. The quantitative estimate of drug-likeness (QED) is 0.609. The molecule has 8 heteroatoms. The van der Waals surface area contributed by atoms with Crippen LogP contribution in [0, 0.1) is 18.3 Å². The fourth-order valence-electron chi connectivity index (χ4n) is 2.27. The molecule has 1 aromatic carbocycles. The Bertz CT molecular complexity index is 1020. The minimum atomic E-state index is -0.316. The first-order valence-electron chi connectivity index (χ1n) is 6.92. The summed E-state index contributed by atoms with van der Waals surface area (Å²) >= 11 is 4.62. The van der Waals surface area contributed by atoms with E-state index in [-0.39, 0.29) is 11.7 Å². The third-order valence-electron chi connectivity index (χ3n) is 3.51. The lowest BCUT2D eigenvalue weighted by molar-refractivity contribution is -0.323. The van der Waals surface area contributed by atoms with Crippen LogP contribution in [0.25, 0.3) is 10.2 Å². The van der Waals surface area contributed by atoms with Gasteiger partial charge in [-0.25, -0.2) is 4.98 Å². The van der Waals surface area contributed by atoms with Gasteiger partial charge in [-0.1, -0.05) is 17.4 Å². The summed E-state index contributed by atoms with van der Waals surface area (Å²) in [6.45, 7) is 1.97. The van der Waals surface area contributed by atoms with Gasteiger partial charge in [0, 0.05) is 4.47 Å². The Morgan fingerprint density at radius 1 is 1.38 bits per heavy atom. The summed E-state index contributed by atoms with van der Waals surface area (Å²) in [6, 6.07) is 9.22. The van der Waals surface area contributed by atoms with E-state index in [1.807, 2.05) is 31.2 Å². The van der Waals surface area contributed by atoms with Crippen LogP contribution < -0.4 is 21.8 Å². The van der Waals surface area contributed by atoms with Crippen molar-refractivity contribution in [3.63, 3.8) is 0 Å². The van der Waals surface area contributed by atoms with Gasteiger partial charge in [0.25, 0.3) is 11.7 Å². The van der Waals surface area contributed by atoms with Crippen molar-refractivity contribution in [1.29, 1.82) is 5.26 Å². The summed E-state index contributed by atoms with van der Waals surface area (Å²) in [5.74, 6) is -0.0665. The number of fused-ring (bicyclic) bond motifs is 1. The lowest BCUT2D eigenvalue weighted by atomic mass is 10.2. The molecule has 0 aliphatic rings. The van der Waals surface area contributed by atoms with Gasteiger partial charge < -0.3 is 11.1 Å². The molecule has 6 N–H and O–H groups in total. The molecule has 0 saturated heterocycles. The normalized spacial score (nSPS) is 10.5. The Balaban J connectivity index is 2.01. The fraction of sp³-hybridized carbons (Fsp3) is 0.0625. The van der Waals surface area contributed by atoms with Crippen molar-refractivity contribution in [3.8, 4) is 6.07 Å². The zero-order chi connectivity index (χ0) is 17.4. The van der Waals surface area contributed by atoms with Crippen LogP contribution in [0.2, 0.25) is 0 Å². The third-order valence-corrected chi connectivity index (χ3v) is 5.30. The van der Waals surface area contributed by atoms with Crippen molar-refractivity contribution >= 4 is 60.6 Å². The highest BCUT2D eigenvalue weighted by Crippen LogP contribution is 2.33. The average molecular weight is 403 g/mol. The Labute approximate surface area is 150 Å². The Kier molecular flexibility index (Phi) is 4.13. The predicted octanol–water partition coefficient (Wildman–Crippen LogP) is 3.07. The third kappa shape index (κ3) is 2.79. The summed E-state index contributed by atoms with van der Waals surface area (Å²) in [7, 11) is 0. The van der Waals surface area contributed by atoms with E-state index in [0.29, 0.717) is 32.0 Å². The van der Waals surface area contributed by atoms with Crippen molar-refractivity contribution in [2.45, 2.75) is 6.92 Å². The highest BCUT2D eigenvalue weighted by Gasteiger charge is 2.21. The van der Waals surface area contributed by atoms with Crippen molar-refractivity contribution in [3.05, 3.63) is 44.7 Å². The van der Waals surface area contributed by atoms with Gasteiger partial charge in [0.1, 0.15) is 16.5 Å². The molecule has 2 aromatic heterocycles. The number of aromatic nitrogens is 1. The van der Waals surface area contributed by atoms with Gasteiger partial charge in [-0.15, -0.1) is 0 Å². The molecule has 0 saturated carbocycles. The summed E-state index contributed by atoms with van der Waals surface area (Å²) in [5, 5.41) is 12.5. The number of nitrogens with zero attached hydrogens (tertiary/aromatic N) is 1. The maximum atomic E-state index is 12.6. The molecule has 0 bridgehead atoms. The number of amides is 1. The van der Waals surface area contributed by atoms with E-state index in [9.17, 15) is 4.79 Å². The van der Waals surface area contributed by atoms with E-state index in [0.717, 1.165) is 10.0 Å². The number of halogens is 1. The summed E-state index contributed by atoms with van der Waals surface area (Å²) in [5.41, 5.74) is 14.2. The number of hydrogen-bond donors (Lipinski definition) is 3. The van der Waals surface area contributed by atoms with Crippen LogP contribution in [-0.4, -0.2) is 5.91 Å². The number of nitrogen functional groups attached to an aromatic ring is 2. The lowest BCUT2D eigenvalue weighted by Crippen LogP contribution is -2.12. The van der Waals surface area contributed by atoms with E-state index in [4.69, 9.17) is 16.7 Å². The number of benzene rings is 1. The van der Waals surface area contributed by atoms with E-state index in [2.05, 4.69) is 26.2 Å². The lowest BCUT2D eigenvalue weighted by Gasteiger charge is -2.07. The first-order chi connectivity index (χ1) is 11.4. The second kappa shape index (κ2) is 6.11. The van der Waals surface area contributed by atoms with Crippen LogP contribution in [0.4, 0.5) is 17.2 Å². The van der Waals surface area contributed by atoms with Gasteiger partial charge in [-0.2, -0.15) is 5.26 Å². The van der Waals surface area contributed by atoms with Crippen LogP contribution in [-0.2, 0) is 0 Å². The molecule has 6 nitrogen and oxygen atoms in total. The number of carbonyl (C=O) groups excluding carboxylic acids is 1. The number of H-pyrrole nitrogens is 1. The minimum absolute atomic E-state index is 0.250. The van der Waals surface area contributed by atoms with Gasteiger partial charge in [0.15, 0.2) is 4.83 Å². The molecule has 0 aliphatic heterocycles. The predicted molar refractivity (Wildman–Crippen MR) is 98.8 cm³/mol. The Hall–Kier alpha value is -2.63. The second-order valence-corrected chi connectivity index (χ2v) is 7.11. The summed E-state index contributed by atoms with van der Waals surface area (Å²) < 4.78 is 0.790. The molecule has 0 spiro atoms. The van der Waals surface area contributed by atoms with Crippen LogP contribution in [0.15, 0.2) is 28.7 Å². The van der Waals surface area contributed by atoms with Crippen molar-refractivity contribution in [2.75, 3.05) is 16.8 Å². The van der Waals surface area contributed by atoms with Gasteiger partial charge in [-0.3, -0.25) is 10.5 Å². The van der Waals surface area contributed by atoms with E-state index in [1.54, 1.807) is 6.07 Å². The van der Waals surface area contributed by atoms with Crippen LogP contribution in [0.1, 0.15) is 20.8 Å². The topological polar surface area (TPSA) is 119 Å². The molecule has 24 heavy (non-hydrogen) atoms. The summed E-state index contributed by atoms with van der Waals surface area (Å²) in [6.07, 6.45) is 0. The second-order valence-electron chi connectivity index (χ2n) is 5.23. The first kappa shape index (κ1) is 16.2. The largest absolute Gasteiger partial charge is 0.397 e. The number of nitrogens with two attached hydrogens (primary N) is 2. The highest BCUT2D eigenvalue weighted by atomic mass is 79.9. The van der Waals surface area contributed by atoms with Crippen LogP contribution >= 0.6 is 27.3 Å². The number of nitrogens with one attached hydrogen (secondary N) is 2. The van der Waals surface area contributed by atoms with Gasteiger partial charge >= 0.3 is 0 Å². The number of hydrogen-bond acceptors (Lipinski definition) is 5. The van der Waals surface area contributed by atoms with Crippen molar-refractivity contribution in [1.82, 2.24) is 0 Å². The molecule has 1 amide bonds.